The predicted octanol–water partition coefficient (Wildman–Crippen LogP) is 2.93. The summed E-state index contributed by atoms with van der Waals surface area (Å²) < 4.78 is 0. The lowest BCUT2D eigenvalue weighted by Crippen LogP contribution is -2.49. The van der Waals surface area contributed by atoms with Gasteiger partial charge in [-0.1, -0.05) is 27.2 Å². The van der Waals surface area contributed by atoms with Gasteiger partial charge in [0.05, 0.1) is 0 Å². The number of rotatable bonds is 3. The van der Waals surface area contributed by atoms with E-state index in [4.69, 9.17) is 0 Å². The van der Waals surface area contributed by atoms with Gasteiger partial charge in [0.25, 0.3) is 0 Å². The Balaban J connectivity index is 2.06. The molecule has 1 saturated carbocycles. The van der Waals surface area contributed by atoms with Gasteiger partial charge < -0.3 is 4.90 Å². The maximum atomic E-state index is 12.4. The van der Waals surface area contributed by atoms with Gasteiger partial charge in [-0.25, -0.2) is 0 Å². The molecule has 0 aromatic rings. The van der Waals surface area contributed by atoms with E-state index in [1.807, 2.05) is 0 Å². The topological polar surface area (TPSA) is 20.3 Å². The van der Waals surface area contributed by atoms with E-state index in [1.165, 1.54) is 19.3 Å². The highest BCUT2D eigenvalue weighted by atomic mass is 16.2. The van der Waals surface area contributed by atoms with Crippen molar-refractivity contribution in [3.8, 4) is 0 Å². The van der Waals surface area contributed by atoms with E-state index in [-0.39, 0.29) is 0 Å². The Hall–Kier alpha value is -0.530. The highest BCUT2D eigenvalue weighted by molar-refractivity contribution is 5.80. The Morgan fingerprint density at radius 2 is 2.00 bits per heavy atom. The molecule has 0 spiro atoms. The van der Waals surface area contributed by atoms with Crippen molar-refractivity contribution < 1.29 is 4.79 Å². The van der Waals surface area contributed by atoms with Crippen LogP contribution in [0.2, 0.25) is 0 Å². The standard InChI is InChI=1S/C14H25NO/c1-4-5-8-15-9-11(3)12-7-6-10(2)13(12)14(15)16/h10-13H,4-9H2,1-3H3/t10-,11+,12+,13+/m0/s1. The largest absolute Gasteiger partial charge is 0.342 e. The van der Waals surface area contributed by atoms with Gasteiger partial charge in [-0.15, -0.1) is 0 Å². The van der Waals surface area contributed by atoms with Crippen LogP contribution in [0, 0.1) is 23.7 Å². The van der Waals surface area contributed by atoms with Gasteiger partial charge in [0, 0.05) is 19.0 Å². The normalized spacial score (nSPS) is 38.9. The Morgan fingerprint density at radius 3 is 2.69 bits per heavy atom. The summed E-state index contributed by atoms with van der Waals surface area (Å²) in [6, 6.07) is 0. The molecule has 1 aliphatic heterocycles. The van der Waals surface area contributed by atoms with E-state index < -0.39 is 0 Å². The molecule has 1 aliphatic carbocycles. The van der Waals surface area contributed by atoms with E-state index >= 15 is 0 Å². The number of amides is 1. The van der Waals surface area contributed by atoms with Gasteiger partial charge >= 0.3 is 0 Å². The van der Waals surface area contributed by atoms with Gasteiger partial charge in [0.15, 0.2) is 0 Å². The summed E-state index contributed by atoms with van der Waals surface area (Å²) >= 11 is 0. The fourth-order valence-corrected chi connectivity index (χ4v) is 3.64. The molecule has 2 rings (SSSR count). The third-order valence-electron chi connectivity index (χ3n) is 4.65. The van der Waals surface area contributed by atoms with Crippen LogP contribution >= 0.6 is 0 Å². The van der Waals surface area contributed by atoms with Crippen molar-refractivity contribution >= 4 is 5.91 Å². The monoisotopic (exact) mass is 223 g/mol. The summed E-state index contributed by atoms with van der Waals surface area (Å²) in [5.74, 6) is 2.82. The number of carbonyl (C=O) groups excluding carboxylic acids is 1. The summed E-state index contributed by atoms with van der Waals surface area (Å²) in [7, 11) is 0. The minimum Gasteiger partial charge on any atom is -0.342 e. The average molecular weight is 223 g/mol. The zero-order chi connectivity index (χ0) is 11.7. The maximum absolute atomic E-state index is 12.4. The molecule has 2 nitrogen and oxygen atoms in total. The van der Waals surface area contributed by atoms with E-state index in [0.717, 1.165) is 19.5 Å². The van der Waals surface area contributed by atoms with Crippen LogP contribution in [0.25, 0.3) is 0 Å². The van der Waals surface area contributed by atoms with Gasteiger partial charge in [-0.05, 0) is 37.0 Å². The summed E-state index contributed by atoms with van der Waals surface area (Å²) in [5, 5.41) is 0. The number of hydrogen-bond acceptors (Lipinski definition) is 1. The number of unbranched alkanes of at least 4 members (excludes halogenated alkanes) is 1. The molecule has 0 bridgehead atoms. The molecule has 1 saturated heterocycles. The maximum Gasteiger partial charge on any atom is 0.226 e. The minimum absolute atomic E-state index is 0.348. The van der Waals surface area contributed by atoms with Crippen LogP contribution in [0.1, 0.15) is 46.5 Å². The first kappa shape index (κ1) is 11.9. The summed E-state index contributed by atoms with van der Waals surface area (Å²) in [4.78, 5) is 14.5. The van der Waals surface area contributed by atoms with E-state index in [9.17, 15) is 4.79 Å². The molecular formula is C14H25NO. The van der Waals surface area contributed by atoms with Crippen LogP contribution in [-0.2, 0) is 4.79 Å². The molecule has 4 atom stereocenters. The third kappa shape index (κ3) is 1.99. The lowest BCUT2D eigenvalue weighted by molar-refractivity contribution is -0.144. The van der Waals surface area contributed by atoms with Crippen LogP contribution in [-0.4, -0.2) is 23.9 Å². The Bertz CT molecular complexity index is 263. The highest BCUT2D eigenvalue weighted by Crippen LogP contribution is 2.45. The van der Waals surface area contributed by atoms with Crippen LogP contribution in [0.5, 0.6) is 0 Å². The van der Waals surface area contributed by atoms with Crippen molar-refractivity contribution in [2.45, 2.75) is 46.5 Å². The van der Waals surface area contributed by atoms with Crippen molar-refractivity contribution in [3.05, 3.63) is 0 Å². The Morgan fingerprint density at radius 1 is 1.25 bits per heavy atom. The second-order valence-corrected chi connectivity index (χ2v) is 5.86. The first-order chi connectivity index (χ1) is 7.65. The average Bonchev–Trinajstić information content (AvgIpc) is 2.64. The van der Waals surface area contributed by atoms with Crippen molar-refractivity contribution in [1.82, 2.24) is 4.90 Å². The fraction of sp³-hybridized carbons (Fsp3) is 0.929. The molecule has 0 aromatic heterocycles. The van der Waals surface area contributed by atoms with Gasteiger partial charge in [0.2, 0.25) is 5.91 Å². The van der Waals surface area contributed by atoms with Gasteiger partial charge in [-0.2, -0.15) is 0 Å². The van der Waals surface area contributed by atoms with Crippen LogP contribution in [0.4, 0.5) is 0 Å². The second-order valence-electron chi connectivity index (χ2n) is 5.86. The molecular weight excluding hydrogens is 198 g/mol. The molecule has 92 valence electrons. The number of carbonyl (C=O) groups is 1. The molecule has 1 amide bonds. The number of nitrogens with zero attached hydrogens (tertiary/aromatic N) is 1. The van der Waals surface area contributed by atoms with Crippen LogP contribution in [0.3, 0.4) is 0 Å². The zero-order valence-corrected chi connectivity index (χ0v) is 10.9. The van der Waals surface area contributed by atoms with E-state index in [0.29, 0.717) is 29.6 Å². The molecule has 1 heterocycles. The smallest absolute Gasteiger partial charge is 0.226 e. The molecule has 0 unspecified atom stereocenters. The Kier molecular flexibility index (Phi) is 3.56. The van der Waals surface area contributed by atoms with Crippen LogP contribution < -0.4 is 0 Å². The quantitative estimate of drug-likeness (QED) is 0.720. The molecule has 2 fully saturated rings. The zero-order valence-electron chi connectivity index (χ0n) is 10.9. The number of fused-ring (bicyclic) bond motifs is 1. The lowest BCUT2D eigenvalue weighted by Gasteiger charge is -2.40. The number of piperidine rings is 1. The molecule has 0 aromatic carbocycles. The summed E-state index contributed by atoms with van der Waals surface area (Å²) in [5.41, 5.74) is 0. The molecule has 0 N–H and O–H groups in total. The second kappa shape index (κ2) is 4.77. The van der Waals surface area contributed by atoms with E-state index in [2.05, 4.69) is 25.7 Å². The van der Waals surface area contributed by atoms with Crippen molar-refractivity contribution in [3.63, 3.8) is 0 Å². The Labute approximate surface area is 99.4 Å². The molecule has 2 heteroatoms. The predicted molar refractivity (Wildman–Crippen MR) is 66.0 cm³/mol. The van der Waals surface area contributed by atoms with Crippen molar-refractivity contribution in [2.24, 2.45) is 23.7 Å². The summed E-state index contributed by atoms with van der Waals surface area (Å²) in [6.45, 7) is 8.78. The highest BCUT2D eigenvalue weighted by Gasteiger charge is 2.46. The van der Waals surface area contributed by atoms with Crippen molar-refractivity contribution in [1.29, 1.82) is 0 Å². The fourth-order valence-electron chi connectivity index (χ4n) is 3.64. The van der Waals surface area contributed by atoms with Crippen molar-refractivity contribution in [2.75, 3.05) is 13.1 Å². The van der Waals surface area contributed by atoms with Gasteiger partial charge in [0.1, 0.15) is 0 Å². The molecule has 16 heavy (non-hydrogen) atoms. The summed E-state index contributed by atoms with van der Waals surface area (Å²) in [6.07, 6.45) is 4.87. The van der Waals surface area contributed by atoms with Crippen LogP contribution in [0.15, 0.2) is 0 Å². The van der Waals surface area contributed by atoms with Gasteiger partial charge in [-0.3, -0.25) is 4.79 Å². The third-order valence-corrected chi connectivity index (χ3v) is 4.65. The SMILES string of the molecule is CCCCN1C[C@@H](C)[C@H]2CC[C@H](C)[C@H]2C1=O. The first-order valence-corrected chi connectivity index (χ1v) is 6.94. The first-order valence-electron chi connectivity index (χ1n) is 6.94. The lowest BCUT2D eigenvalue weighted by atomic mass is 9.78. The molecule has 2 aliphatic rings. The van der Waals surface area contributed by atoms with E-state index in [1.54, 1.807) is 0 Å². The minimum atomic E-state index is 0.348. The molecule has 0 radical (unpaired) electrons. The number of hydrogen-bond donors (Lipinski definition) is 0. The number of likely N-dealkylation sites (tertiary alicyclic amines) is 1.